The number of fused-ring (bicyclic) bond motifs is 2. The van der Waals surface area contributed by atoms with Crippen molar-refractivity contribution in [3.63, 3.8) is 0 Å². The van der Waals surface area contributed by atoms with E-state index in [-0.39, 0.29) is 11.4 Å². The maximum absolute atomic E-state index is 13.1. The van der Waals surface area contributed by atoms with E-state index >= 15 is 0 Å². The summed E-state index contributed by atoms with van der Waals surface area (Å²) in [5.74, 6) is 0. The summed E-state index contributed by atoms with van der Waals surface area (Å²) in [6.07, 6.45) is 8.14. The molecule has 0 bridgehead atoms. The first-order valence-corrected chi connectivity index (χ1v) is 10.6. The van der Waals surface area contributed by atoms with Gasteiger partial charge >= 0.3 is 6.03 Å². The molecule has 1 saturated carbocycles. The van der Waals surface area contributed by atoms with E-state index in [0.717, 1.165) is 41.7 Å². The van der Waals surface area contributed by atoms with Crippen LogP contribution in [0.15, 0.2) is 53.3 Å². The number of pyridine rings is 1. The van der Waals surface area contributed by atoms with E-state index in [1.165, 1.54) is 24.0 Å². The summed E-state index contributed by atoms with van der Waals surface area (Å²) >= 11 is 3.61. The molecule has 1 atom stereocenters. The Morgan fingerprint density at radius 1 is 1.11 bits per heavy atom. The van der Waals surface area contributed by atoms with E-state index in [1.54, 1.807) is 0 Å². The summed E-state index contributed by atoms with van der Waals surface area (Å²) in [5, 5.41) is 3.17. The fourth-order valence-corrected chi connectivity index (χ4v) is 5.38. The number of nitrogens with one attached hydrogen (secondary N) is 1. The van der Waals surface area contributed by atoms with E-state index in [0.29, 0.717) is 0 Å². The van der Waals surface area contributed by atoms with Crippen molar-refractivity contribution in [2.24, 2.45) is 5.41 Å². The molecule has 1 unspecified atom stereocenters. The van der Waals surface area contributed by atoms with Crippen LogP contribution in [0.25, 0.3) is 5.65 Å². The molecule has 1 N–H and O–H groups in total. The normalized spacial score (nSPS) is 25.2. The molecule has 2 aromatic heterocycles. The van der Waals surface area contributed by atoms with Crippen molar-refractivity contribution in [2.45, 2.75) is 31.2 Å². The molecule has 6 rings (SSSR count). The monoisotopic (exact) mass is 436 g/mol. The number of imidazole rings is 1. The number of carbonyl (C=O) groups excluding carboxylic acids is 1. The summed E-state index contributed by atoms with van der Waals surface area (Å²) < 4.78 is 3.14. The molecule has 3 aliphatic rings. The molecule has 2 fully saturated rings. The Hall–Kier alpha value is -2.34. The highest BCUT2D eigenvalue weighted by Gasteiger charge is 2.55. The Kier molecular flexibility index (Phi) is 3.32. The smallest absolute Gasteiger partial charge is 0.318 e. The fraction of sp³-hybridized carbons (Fsp3) is 0.364. The van der Waals surface area contributed by atoms with E-state index in [9.17, 15) is 4.79 Å². The minimum Gasteiger partial charge on any atom is -0.337 e. The lowest BCUT2D eigenvalue weighted by Crippen LogP contribution is -2.61. The number of benzene rings is 1. The zero-order valence-corrected chi connectivity index (χ0v) is 17.1. The summed E-state index contributed by atoms with van der Waals surface area (Å²) in [7, 11) is 0. The second kappa shape index (κ2) is 5.60. The molecule has 1 aliphatic heterocycles. The summed E-state index contributed by atoms with van der Waals surface area (Å²) in [6, 6.07) is 12.6. The Balaban J connectivity index is 1.52. The van der Waals surface area contributed by atoms with Crippen LogP contribution in [0.5, 0.6) is 0 Å². The van der Waals surface area contributed by atoms with Crippen LogP contribution in [0.1, 0.15) is 29.7 Å². The number of hydrogen-bond donors (Lipinski definition) is 1. The molecule has 1 spiro atoms. The molecule has 3 aromatic rings. The van der Waals surface area contributed by atoms with Gasteiger partial charge in [-0.1, -0.05) is 28.1 Å². The van der Waals surface area contributed by atoms with E-state index in [4.69, 9.17) is 4.98 Å². The number of hydrogen-bond acceptors (Lipinski definition) is 2. The predicted molar refractivity (Wildman–Crippen MR) is 110 cm³/mol. The highest BCUT2D eigenvalue weighted by molar-refractivity contribution is 9.10. The van der Waals surface area contributed by atoms with Crippen molar-refractivity contribution >= 4 is 27.6 Å². The molecule has 6 heteroatoms. The number of amides is 2. The van der Waals surface area contributed by atoms with Gasteiger partial charge in [0.2, 0.25) is 0 Å². The van der Waals surface area contributed by atoms with E-state index in [1.807, 2.05) is 24.4 Å². The van der Waals surface area contributed by atoms with Crippen molar-refractivity contribution in [3.05, 3.63) is 70.1 Å². The largest absolute Gasteiger partial charge is 0.337 e. The zero-order chi connectivity index (χ0) is 18.9. The van der Waals surface area contributed by atoms with Crippen LogP contribution in [-0.4, -0.2) is 33.4 Å². The maximum atomic E-state index is 13.1. The molecule has 2 amide bonds. The van der Waals surface area contributed by atoms with Gasteiger partial charge < -0.3 is 14.6 Å². The van der Waals surface area contributed by atoms with Gasteiger partial charge in [-0.2, -0.15) is 0 Å². The number of carbonyl (C=O) groups is 1. The van der Waals surface area contributed by atoms with Gasteiger partial charge in [0.25, 0.3) is 0 Å². The maximum Gasteiger partial charge on any atom is 0.318 e. The average molecular weight is 437 g/mol. The molecule has 2 aliphatic carbocycles. The molecule has 3 heterocycles. The Labute approximate surface area is 171 Å². The van der Waals surface area contributed by atoms with Crippen molar-refractivity contribution < 1.29 is 4.79 Å². The van der Waals surface area contributed by atoms with Crippen LogP contribution in [0.2, 0.25) is 0 Å². The molecular weight excluding hydrogens is 416 g/mol. The number of nitrogens with zero attached hydrogens (tertiary/aromatic N) is 3. The first-order chi connectivity index (χ1) is 13.6. The quantitative estimate of drug-likeness (QED) is 0.662. The highest BCUT2D eigenvalue weighted by Crippen LogP contribution is 2.51. The van der Waals surface area contributed by atoms with Gasteiger partial charge in [0.15, 0.2) is 0 Å². The SMILES string of the molecule is O=C1NCC2(CC2)CN1C1(c2cn3ccccc3n2)Cc2ccc(Br)cc2C1. The lowest BCUT2D eigenvalue weighted by molar-refractivity contribution is 0.0752. The molecule has 142 valence electrons. The molecular formula is C22H21BrN4O. The van der Waals surface area contributed by atoms with Crippen LogP contribution in [0.3, 0.4) is 0 Å². The van der Waals surface area contributed by atoms with Crippen LogP contribution in [-0.2, 0) is 18.4 Å². The third-order valence-corrected chi connectivity index (χ3v) is 7.30. The first-order valence-electron chi connectivity index (χ1n) is 9.84. The van der Waals surface area contributed by atoms with Crippen molar-refractivity contribution in [2.75, 3.05) is 13.1 Å². The predicted octanol–water partition coefficient (Wildman–Crippen LogP) is 3.90. The summed E-state index contributed by atoms with van der Waals surface area (Å²) in [4.78, 5) is 20.2. The average Bonchev–Trinajstić information content (AvgIpc) is 3.14. The second-order valence-electron chi connectivity index (χ2n) is 8.64. The van der Waals surface area contributed by atoms with Crippen LogP contribution in [0.4, 0.5) is 4.79 Å². The van der Waals surface area contributed by atoms with Crippen molar-refractivity contribution in [1.82, 2.24) is 19.6 Å². The topological polar surface area (TPSA) is 49.6 Å². The molecule has 1 saturated heterocycles. The molecule has 28 heavy (non-hydrogen) atoms. The summed E-state index contributed by atoms with van der Waals surface area (Å²) in [6.45, 7) is 1.63. The third-order valence-electron chi connectivity index (χ3n) is 6.80. The van der Waals surface area contributed by atoms with Crippen molar-refractivity contribution in [3.8, 4) is 0 Å². The Morgan fingerprint density at radius 3 is 2.79 bits per heavy atom. The van der Waals surface area contributed by atoms with Crippen LogP contribution in [0, 0.1) is 5.41 Å². The molecule has 1 aromatic carbocycles. The van der Waals surface area contributed by atoms with E-state index in [2.05, 4.69) is 54.9 Å². The number of urea groups is 1. The van der Waals surface area contributed by atoms with Gasteiger partial charge in [-0.3, -0.25) is 0 Å². The summed E-state index contributed by atoms with van der Waals surface area (Å²) in [5.41, 5.74) is 4.34. The Bertz CT molecular complexity index is 1090. The molecule has 5 nitrogen and oxygen atoms in total. The van der Waals surface area contributed by atoms with Crippen LogP contribution < -0.4 is 5.32 Å². The minimum absolute atomic E-state index is 0.0430. The number of rotatable bonds is 2. The minimum atomic E-state index is -0.435. The number of aromatic nitrogens is 2. The van der Waals surface area contributed by atoms with Gasteiger partial charge in [-0.25, -0.2) is 9.78 Å². The van der Waals surface area contributed by atoms with Gasteiger partial charge in [-0.05, 0) is 48.2 Å². The first kappa shape index (κ1) is 16.6. The van der Waals surface area contributed by atoms with E-state index < -0.39 is 5.54 Å². The molecule has 0 radical (unpaired) electrons. The van der Waals surface area contributed by atoms with Gasteiger partial charge in [0.05, 0.1) is 11.2 Å². The lowest BCUT2D eigenvalue weighted by Gasteiger charge is -2.45. The highest BCUT2D eigenvalue weighted by atomic mass is 79.9. The van der Waals surface area contributed by atoms with Gasteiger partial charge in [-0.15, -0.1) is 0 Å². The number of halogens is 1. The van der Waals surface area contributed by atoms with Gasteiger partial charge in [0, 0.05) is 48.2 Å². The van der Waals surface area contributed by atoms with Crippen molar-refractivity contribution in [1.29, 1.82) is 0 Å². The standard InChI is InChI=1S/C22H21BrN4O/c23-17-5-4-15-10-22(11-16(15)9-17,18-12-26-8-2-1-3-19(26)25-18)27-14-21(6-7-21)13-24-20(27)28/h1-5,8-9,12H,6-7,10-11,13-14H2,(H,24,28). The van der Waals surface area contributed by atoms with Gasteiger partial charge in [0.1, 0.15) is 5.65 Å². The Morgan fingerprint density at radius 2 is 1.96 bits per heavy atom. The zero-order valence-electron chi connectivity index (χ0n) is 15.5. The second-order valence-corrected chi connectivity index (χ2v) is 9.55. The third kappa shape index (κ3) is 2.37. The fourth-order valence-electron chi connectivity index (χ4n) is 4.97. The van der Waals surface area contributed by atoms with Crippen LogP contribution >= 0.6 is 15.9 Å². The lowest BCUT2D eigenvalue weighted by atomic mass is 9.87.